The Bertz CT molecular complexity index is 1000. The molecule has 0 atom stereocenters. The number of rotatable bonds is 8. The van der Waals surface area contributed by atoms with Crippen LogP contribution in [0.15, 0.2) is 64.4 Å². The van der Waals surface area contributed by atoms with E-state index in [0.29, 0.717) is 22.2 Å². The Balaban J connectivity index is 2.04. The van der Waals surface area contributed by atoms with Crippen LogP contribution in [-0.2, 0) is 14.8 Å². The number of halogens is 3. The first kappa shape index (κ1) is 24.0. The molecule has 0 spiro atoms. The van der Waals surface area contributed by atoms with Crippen LogP contribution < -0.4 is 10.0 Å². The van der Waals surface area contributed by atoms with Gasteiger partial charge in [0.2, 0.25) is 15.9 Å². The summed E-state index contributed by atoms with van der Waals surface area (Å²) in [7, 11) is -3.60. The van der Waals surface area contributed by atoms with Crippen molar-refractivity contribution < 1.29 is 26.4 Å². The number of para-hydroxylation sites is 1. The molecule has 10 heteroatoms. The highest BCUT2D eigenvalue weighted by molar-refractivity contribution is 7.99. The molecule has 2 rings (SSSR count). The molecular formula is C20H21F3N2O3S2. The van der Waals surface area contributed by atoms with Crippen LogP contribution in [-0.4, -0.2) is 32.3 Å². The highest BCUT2D eigenvalue weighted by Gasteiger charge is 2.27. The van der Waals surface area contributed by atoms with Gasteiger partial charge in [-0.15, -0.1) is 11.8 Å². The van der Waals surface area contributed by atoms with Gasteiger partial charge in [0.1, 0.15) is 0 Å². The quantitative estimate of drug-likeness (QED) is 0.445. The summed E-state index contributed by atoms with van der Waals surface area (Å²) in [4.78, 5) is 12.6. The van der Waals surface area contributed by atoms with Gasteiger partial charge in [0.25, 0.3) is 0 Å². The maximum Gasteiger partial charge on any atom is 0.398 e. The van der Waals surface area contributed by atoms with Gasteiger partial charge in [-0.1, -0.05) is 24.3 Å². The van der Waals surface area contributed by atoms with Crippen molar-refractivity contribution in [1.29, 1.82) is 0 Å². The largest absolute Gasteiger partial charge is 0.398 e. The van der Waals surface area contributed by atoms with Crippen molar-refractivity contribution in [2.45, 2.75) is 35.9 Å². The van der Waals surface area contributed by atoms with E-state index >= 15 is 0 Å². The average molecular weight is 459 g/mol. The first-order valence-electron chi connectivity index (χ1n) is 8.86. The van der Waals surface area contributed by atoms with Crippen molar-refractivity contribution in [3.8, 4) is 0 Å². The van der Waals surface area contributed by atoms with Gasteiger partial charge in [0, 0.05) is 17.0 Å². The molecule has 0 saturated heterocycles. The van der Waals surface area contributed by atoms with Gasteiger partial charge in [-0.2, -0.15) is 13.2 Å². The van der Waals surface area contributed by atoms with Crippen LogP contribution in [0.3, 0.4) is 0 Å². The maximum absolute atomic E-state index is 12.4. The molecule has 0 saturated carbocycles. The first-order chi connectivity index (χ1) is 14.0. The molecule has 0 bridgehead atoms. The molecule has 0 unspecified atom stereocenters. The predicted molar refractivity (Wildman–Crippen MR) is 113 cm³/mol. The Labute approximate surface area is 177 Å². The zero-order chi connectivity index (χ0) is 22.4. The van der Waals surface area contributed by atoms with Gasteiger partial charge >= 0.3 is 6.18 Å². The summed E-state index contributed by atoms with van der Waals surface area (Å²) in [5, 5.41) is 2.55. The van der Waals surface area contributed by atoms with E-state index in [2.05, 4.69) is 10.0 Å². The van der Waals surface area contributed by atoms with Crippen molar-refractivity contribution in [3.63, 3.8) is 0 Å². The second-order valence-electron chi connectivity index (χ2n) is 6.57. The summed E-state index contributed by atoms with van der Waals surface area (Å²) in [5.74, 6) is -1.58. The Morgan fingerprint density at radius 1 is 1.10 bits per heavy atom. The molecule has 0 fully saturated rings. The topological polar surface area (TPSA) is 75.3 Å². The Morgan fingerprint density at radius 2 is 1.73 bits per heavy atom. The number of thioether (sulfide) groups is 1. The van der Waals surface area contributed by atoms with Crippen molar-refractivity contribution in [2.24, 2.45) is 0 Å². The first-order valence-corrected chi connectivity index (χ1v) is 11.3. The van der Waals surface area contributed by atoms with E-state index in [1.165, 1.54) is 36.4 Å². The SMILES string of the molecule is CC(C)NS(=O)(=O)c1ccc(/C=C/C(=O)Nc2ccccc2SCC(F)(F)F)cc1. The summed E-state index contributed by atoms with van der Waals surface area (Å²) in [6.07, 6.45) is -1.61. The number of carbonyl (C=O) groups excluding carboxylic acids is 1. The normalized spacial score (nSPS) is 12.5. The molecule has 0 heterocycles. The summed E-state index contributed by atoms with van der Waals surface area (Å²) in [5.41, 5.74) is 0.871. The summed E-state index contributed by atoms with van der Waals surface area (Å²) < 4.78 is 64.0. The predicted octanol–water partition coefficient (Wildman–Crippen LogP) is 4.68. The van der Waals surface area contributed by atoms with E-state index in [1.54, 1.807) is 38.1 Å². The standard InChI is InChI=1S/C20H21F3N2O3S2/c1-14(2)25-30(27,28)16-10-7-15(8-11-16)9-12-19(26)24-17-5-3-4-6-18(17)29-13-20(21,22)23/h3-12,14,25H,13H2,1-2H3,(H,24,26)/b12-9+. The Hall–Kier alpha value is -2.30. The number of amides is 1. The lowest BCUT2D eigenvalue weighted by atomic mass is 10.2. The lowest BCUT2D eigenvalue weighted by molar-refractivity contribution is -0.112. The lowest BCUT2D eigenvalue weighted by Gasteiger charge is -2.11. The maximum atomic E-state index is 12.4. The van der Waals surface area contributed by atoms with E-state index in [1.807, 2.05) is 0 Å². The number of hydrogen-bond acceptors (Lipinski definition) is 4. The monoisotopic (exact) mass is 458 g/mol. The summed E-state index contributed by atoms with van der Waals surface area (Å²) >= 11 is 0.592. The molecule has 0 aliphatic heterocycles. The van der Waals surface area contributed by atoms with Crippen molar-refractivity contribution >= 4 is 39.5 Å². The molecule has 0 aliphatic carbocycles. The van der Waals surface area contributed by atoms with E-state index in [9.17, 15) is 26.4 Å². The van der Waals surface area contributed by atoms with E-state index < -0.39 is 27.9 Å². The van der Waals surface area contributed by atoms with Gasteiger partial charge in [-0.3, -0.25) is 4.79 Å². The smallest absolute Gasteiger partial charge is 0.321 e. The molecule has 1 amide bonds. The summed E-state index contributed by atoms with van der Waals surface area (Å²) in [6, 6.07) is 11.9. The van der Waals surface area contributed by atoms with Gasteiger partial charge in [-0.25, -0.2) is 13.1 Å². The number of anilines is 1. The van der Waals surface area contributed by atoms with Gasteiger partial charge in [-0.05, 0) is 49.8 Å². The fourth-order valence-corrected chi connectivity index (χ4v) is 4.36. The average Bonchev–Trinajstić information content (AvgIpc) is 2.64. The van der Waals surface area contributed by atoms with Crippen molar-refractivity contribution in [1.82, 2.24) is 4.72 Å². The van der Waals surface area contributed by atoms with Crippen molar-refractivity contribution in [2.75, 3.05) is 11.1 Å². The van der Waals surface area contributed by atoms with E-state index in [-0.39, 0.29) is 16.6 Å². The van der Waals surface area contributed by atoms with Crippen molar-refractivity contribution in [3.05, 3.63) is 60.2 Å². The third kappa shape index (κ3) is 7.85. The Kier molecular flexibility index (Phi) is 8.10. The fourth-order valence-electron chi connectivity index (χ4n) is 2.34. The van der Waals surface area contributed by atoms with Crippen LogP contribution >= 0.6 is 11.8 Å². The number of benzene rings is 2. The minimum atomic E-state index is -4.31. The molecular weight excluding hydrogens is 437 g/mol. The minimum Gasteiger partial charge on any atom is -0.321 e. The van der Waals surface area contributed by atoms with Crippen LogP contribution in [0.5, 0.6) is 0 Å². The number of carbonyl (C=O) groups is 1. The number of hydrogen-bond donors (Lipinski definition) is 2. The number of sulfonamides is 1. The van der Waals surface area contributed by atoms with E-state index in [4.69, 9.17) is 0 Å². The van der Waals surface area contributed by atoms with Crippen LogP contribution in [0.25, 0.3) is 6.08 Å². The summed E-state index contributed by atoms with van der Waals surface area (Å²) in [6.45, 7) is 3.43. The molecule has 30 heavy (non-hydrogen) atoms. The molecule has 0 radical (unpaired) electrons. The number of alkyl halides is 3. The second kappa shape index (κ2) is 10.1. The minimum absolute atomic E-state index is 0.105. The van der Waals surface area contributed by atoms with Gasteiger partial charge in [0.15, 0.2) is 0 Å². The molecule has 2 aromatic rings. The highest BCUT2D eigenvalue weighted by Crippen LogP contribution is 2.32. The van der Waals surface area contributed by atoms with Crippen LogP contribution in [0.1, 0.15) is 19.4 Å². The lowest BCUT2D eigenvalue weighted by Crippen LogP contribution is -2.30. The third-order valence-electron chi connectivity index (χ3n) is 3.54. The molecule has 0 aliphatic rings. The van der Waals surface area contributed by atoms with Crippen LogP contribution in [0.4, 0.5) is 18.9 Å². The molecule has 162 valence electrons. The van der Waals surface area contributed by atoms with Gasteiger partial charge in [0.05, 0.1) is 16.3 Å². The van der Waals surface area contributed by atoms with Crippen LogP contribution in [0, 0.1) is 0 Å². The molecule has 5 nitrogen and oxygen atoms in total. The van der Waals surface area contributed by atoms with Crippen LogP contribution in [0.2, 0.25) is 0 Å². The fraction of sp³-hybridized carbons (Fsp3) is 0.250. The second-order valence-corrected chi connectivity index (χ2v) is 9.30. The molecule has 0 aromatic heterocycles. The molecule has 2 aromatic carbocycles. The number of nitrogens with one attached hydrogen (secondary N) is 2. The van der Waals surface area contributed by atoms with E-state index in [0.717, 1.165) is 0 Å². The zero-order valence-electron chi connectivity index (χ0n) is 16.2. The third-order valence-corrected chi connectivity index (χ3v) is 6.36. The molecule has 2 N–H and O–H groups in total. The zero-order valence-corrected chi connectivity index (χ0v) is 17.9. The highest BCUT2D eigenvalue weighted by atomic mass is 32.2. The van der Waals surface area contributed by atoms with Gasteiger partial charge < -0.3 is 5.32 Å². The Morgan fingerprint density at radius 3 is 2.33 bits per heavy atom.